The van der Waals surface area contributed by atoms with Gasteiger partial charge in [-0.25, -0.2) is 14.6 Å². The number of para-hydroxylation sites is 1. The zero-order valence-corrected chi connectivity index (χ0v) is 21.9. The van der Waals surface area contributed by atoms with Crippen LogP contribution in [0.5, 0.6) is 5.75 Å². The second-order valence-electron chi connectivity index (χ2n) is 8.97. The first kappa shape index (κ1) is 23.9. The van der Waals surface area contributed by atoms with E-state index in [9.17, 15) is 4.79 Å². The fourth-order valence-electron chi connectivity index (χ4n) is 4.40. The summed E-state index contributed by atoms with van der Waals surface area (Å²) in [5, 5.41) is 5.55. The van der Waals surface area contributed by atoms with Crippen LogP contribution in [0.1, 0.15) is 16.8 Å². The van der Waals surface area contributed by atoms with Crippen molar-refractivity contribution in [3.8, 4) is 22.7 Å². The van der Waals surface area contributed by atoms with Crippen molar-refractivity contribution in [1.82, 2.24) is 19.7 Å². The second-order valence-corrected chi connectivity index (χ2v) is 10.1. The van der Waals surface area contributed by atoms with Crippen LogP contribution in [-0.2, 0) is 9.53 Å². The Morgan fingerprint density at radius 2 is 1.61 bits per heavy atom. The summed E-state index contributed by atoms with van der Waals surface area (Å²) in [4.78, 5) is 22.6. The van der Waals surface area contributed by atoms with Gasteiger partial charge in [0.05, 0.1) is 29.6 Å². The lowest BCUT2D eigenvalue weighted by atomic mass is 10.1. The number of cyclic esters (lactones) is 1. The van der Waals surface area contributed by atoms with Gasteiger partial charge in [0.2, 0.25) is 0 Å². The molecule has 1 aliphatic rings. The first-order valence-electron chi connectivity index (χ1n) is 12.1. The number of thioether (sulfide) groups is 1. The largest absolute Gasteiger partial charge is 0.497 e. The van der Waals surface area contributed by atoms with Gasteiger partial charge < -0.3 is 9.47 Å². The maximum atomic E-state index is 12.8. The summed E-state index contributed by atoms with van der Waals surface area (Å²) in [6.45, 7) is 3.98. The molecule has 2 aromatic heterocycles. The molecule has 0 aliphatic carbocycles. The van der Waals surface area contributed by atoms with Gasteiger partial charge in [-0.2, -0.15) is 5.10 Å². The highest BCUT2D eigenvalue weighted by atomic mass is 32.2. The Bertz CT molecular complexity index is 1680. The van der Waals surface area contributed by atoms with E-state index in [1.165, 1.54) is 11.8 Å². The monoisotopic (exact) mass is 520 g/mol. The SMILES string of the molecule is COc1ccc(-c2nc(SC3C=C(c4ccc(C)cc4)OC3=O)nc3c2c(C)nn3-c2ccccc2)cc1. The minimum atomic E-state index is -0.568. The fourth-order valence-corrected chi connectivity index (χ4v) is 5.24. The summed E-state index contributed by atoms with van der Waals surface area (Å²) in [5.74, 6) is 0.968. The highest BCUT2D eigenvalue weighted by molar-refractivity contribution is 8.00. The molecule has 188 valence electrons. The summed E-state index contributed by atoms with van der Waals surface area (Å²) in [6.07, 6.45) is 1.83. The molecule has 0 N–H and O–H groups in total. The summed E-state index contributed by atoms with van der Waals surface area (Å²) in [6, 6.07) is 25.5. The first-order chi connectivity index (χ1) is 18.5. The Balaban J connectivity index is 1.46. The Morgan fingerprint density at radius 3 is 2.32 bits per heavy atom. The lowest BCUT2D eigenvalue weighted by molar-refractivity contribution is -0.133. The Hall–Kier alpha value is -4.43. The average molecular weight is 521 g/mol. The summed E-state index contributed by atoms with van der Waals surface area (Å²) < 4.78 is 12.8. The van der Waals surface area contributed by atoms with Gasteiger partial charge in [0.1, 0.15) is 16.8 Å². The minimum absolute atomic E-state index is 0.340. The molecule has 0 amide bonds. The molecule has 6 rings (SSSR count). The summed E-state index contributed by atoms with van der Waals surface area (Å²) >= 11 is 1.27. The zero-order valence-electron chi connectivity index (χ0n) is 21.1. The van der Waals surface area contributed by atoms with Crippen molar-refractivity contribution >= 4 is 34.5 Å². The third-order valence-corrected chi connectivity index (χ3v) is 7.34. The van der Waals surface area contributed by atoms with Gasteiger partial charge in [-0.15, -0.1) is 0 Å². The molecular formula is C30H24N4O3S. The molecule has 38 heavy (non-hydrogen) atoms. The van der Waals surface area contributed by atoms with E-state index in [0.717, 1.165) is 44.9 Å². The Morgan fingerprint density at radius 1 is 0.895 bits per heavy atom. The zero-order chi connectivity index (χ0) is 26.2. The molecule has 3 heterocycles. The van der Waals surface area contributed by atoms with Gasteiger partial charge in [-0.1, -0.05) is 59.8 Å². The number of aryl methyl sites for hydroxylation is 2. The van der Waals surface area contributed by atoms with Crippen LogP contribution in [0, 0.1) is 13.8 Å². The van der Waals surface area contributed by atoms with Crippen molar-refractivity contribution in [3.63, 3.8) is 0 Å². The van der Waals surface area contributed by atoms with E-state index >= 15 is 0 Å². The van der Waals surface area contributed by atoms with E-state index < -0.39 is 5.25 Å². The van der Waals surface area contributed by atoms with Gasteiger partial charge in [0.15, 0.2) is 10.8 Å². The predicted molar refractivity (Wildman–Crippen MR) is 148 cm³/mol. The number of hydrogen-bond acceptors (Lipinski definition) is 7. The number of benzene rings is 3. The maximum absolute atomic E-state index is 12.8. The number of carbonyl (C=O) groups is 1. The third-order valence-electron chi connectivity index (χ3n) is 6.36. The molecule has 1 unspecified atom stereocenters. The van der Waals surface area contributed by atoms with Crippen molar-refractivity contribution < 1.29 is 14.3 Å². The summed E-state index contributed by atoms with van der Waals surface area (Å²) in [5.41, 5.74) is 6.03. The molecular weight excluding hydrogens is 496 g/mol. The quantitative estimate of drug-likeness (QED) is 0.196. The van der Waals surface area contributed by atoms with Gasteiger partial charge in [0, 0.05) is 11.1 Å². The highest BCUT2D eigenvalue weighted by Gasteiger charge is 2.31. The molecule has 0 bridgehead atoms. The Labute approximate surface area is 224 Å². The van der Waals surface area contributed by atoms with E-state index in [2.05, 4.69) is 0 Å². The number of hydrogen-bond donors (Lipinski definition) is 0. The number of nitrogens with zero attached hydrogens (tertiary/aromatic N) is 4. The molecule has 0 spiro atoms. The molecule has 0 saturated carbocycles. The van der Waals surface area contributed by atoms with E-state index in [0.29, 0.717) is 16.6 Å². The highest BCUT2D eigenvalue weighted by Crippen LogP contribution is 2.36. The van der Waals surface area contributed by atoms with Crippen LogP contribution in [0.2, 0.25) is 0 Å². The first-order valence-corrected chi connectivity index (χ1v) is 13.0. The van der Waals surface area contributed by atoms with Crippen molar-refractivity contribution in [1.29, 1.82) is 0 Å². The molecule has 0 saturated heterocycles. The lowest BCUT2D eigenvalue weighted by Gasteiger charge is -2.10. The lowest BCUT2D eigenvalue weighted by Crippen LogP contribution is -2.11. The normalized spacial score (nSPS) is 15.0. The van der Waals surface area contributed by atoms with Crippen LogP contribution in [0.3, 0.4) is 0 Å². The van der Waals surface area contributed by atoms with Crippen LogP contribution in [0.25, 0.3) is 33.7 Å². The standard InChI is InChI=1S/C30H24N4O3S/c1-18-9-11-20(12-10-18)24-17-25(29(35)37-24)38-30-31-27(21-13-15-23(36-3)16-14-21)26-19(2)33-34(28(26)32-30)22-7-5-4-6-8-22/h4-17,25H,1-3H3. The van der Waals surface area contributed by atoms with Crippen LogP contribution in [0.15, 0.2) is 90.1 Å². The average Bonchev–Trinajstić information content (AvgIpc) is 3.48. The van der Waals surface area contributed by atoms with Gasteiger partial charge in [-0.3, -0.25) is 4.79 Å². The summed E-state index contributed by atoms with van der Waals surface area (Å²) in [7, 11) is 1.64. The number of rotatable bonds is 6. The number of esters is 1. The van der Waals surface area contributed by atoms with Crippen molar-refractivity contribution in [2.75, 3.05) is 7.11 Å². The molecule has 5 aromatic rings. The van der Waals surface area contributed by atoms with E-state index in [4.69, 9.17) is 24.5 Å². The molecule has 1 atom stereocenters. The van der Waals surface area contributed by atoms with Crippen LogP contribution in [-0.4, -0.2) is 38.1 Å². The number of fused-ring (bicyclic) bond motifs is 1. The van der Waals surface area contributed by atoms with E-state index in [-0.39, 0.29) is 5.97 Å². The van der Waals surface area contributed by atoms with E-state index in [1.54, 1.807) is 7.11 Å². The number of methoxy groups -OCH3 is 1. The minimum Gasteiger partial charge on any atom is -0.497 e. The molecule has 8 heteroatoms. The van der Waals surface area contributed by atoms with Crippen molar-refractivity contribution in [3.05, 3.63) is 102 Å². The number of ether oxygens (including phenoxy) is 2. The van der Waals surface area contributed by atoms with Crippen LogP contribution in [0.4, 0.5) is 0 Å². The molecule has 0 fully saturated rings. The predicted octanol–water partition coefficient (Wildman–Crippen LogP) is 6.17. The molecule has 0 radical (unpaired) electrons. The topological polar surface area (TPSA) is 79.1 Å². The molecule has 7 nitrogen and oxygen atoms in total. The fraction of sp³-hybridized carbons (Fsp3) is 0.133. The van der Waals surface area contributed by atoms with Crippen LogP contribution < -0.4 is 4.74 Å². The number of carbonyl (C=O) groups excluding carboxylic acids is 1. The van der Waals surface area contributed by atoms with Gasteiger partial charge in [0.25, 0.3) is 0 Å². The Kier molecular flexibility index (Phi) is 6.17. The number of aromatic nitrogens is 4. The maximum Gasteiger partial charge on any atom is 0.329 e. The smallest absolute Gasteiger partial charge is 0.329 e. The van der Waals surface area contributed by atoms with Gasteiger partial charge >= 0.3 is 5.97 Å². The second kappa shape index (κ2) is 9.79. The molecule has 3 aromatic carbocycles. The third kappa shape index (κ3) is 4.43. The van der Waals surface area contributed by atoms with Crippen molar-refractivity contribution in [2.45, 2.75) is 24.3 Å². The van der Waals surface area contributed by atoms with Crippen LogP contribution >= 0.6 is 11.8 Å². The van der Waals surface area contributed by atoms with E-state index in [1.807, 2.05) is 103 Å². The molecule has 1 aliphatic heterocycles. The van der Waals surface area contributed by atoms with Gasteiger partial charge in [-0.05, 0) is 56.3 Å². The van der Waals surface area contributed by atoms with Crippen molar-refractivity contribution in [2.24, 2.45) is 0 Å².